The first-order valence-electron chi connectivity index (χ1n) is 5.32. The summed E-state index contributed by atoms with van der Waals surface area (Å²) in [6, 6.07) is 14.8. The third-order valence-corrected chi connectivity index (χ3v) is 2.59. The van der Waals surface area contributed by atoms with E-state index in [0.29, 0.717) is 11.3 Å². The molecule has 0 unspecified atom stereocenters. The number of anilines is 1. The maximum Gasteiger partial charge on any atom is 0.159 e. The molecule has 0 radical (unpaired) electrons. The molecule has 2 N–H and O–H groups in total. The first-order chi connectivity index (χ1) is 8.20. The maximum atomic E-state index is 11.3. The van der Waals surface area contributed by atoms with E-state index in [0.717, 1.165) is 11.1 Å². The Labute approximate surface area is 99.7 Å². The van der Waals surface area contributed by atoms with Crippen molar-refractivity contribution in [1.29, 1.82) is 0 Å². The smallest absolute Gasteiger partial charge is 0.159 e. The van der Waals surface area contributed by atoms with Crippen molar-refractivity contribution in [2.45, 2.75) is 6.92 Å². The molecule has 2 aromatic carbocycles. The van der Waals surface area contributed by atoms with Gasteiger partial charge in [-0.1, -0.05) is 30.3 Å². The maximum absolute atomic E-state index is 11.3. The van der Waals surface area contributed by atoms with E-state index in [1.165, 1.54) is 0 Å². The van der Waals surface area contributed by atoms with E-state index >= 15 is 0 Å². The van der Waals surface area contributed by atoms with Gasteiger partial charge in [-0.2, -0.15) is 0 Å². The zero-order valence-corrected chi connectivity index (χ0v) is 9.47. The number of ketones is 1. The van der Waals surface area contributed by atoms with Crippen LogP contribution < -0.4 is 5.48 Å². The van der Waals surface area contributed by atoms with Crippen LogP contribution in [0, 0.1) is 0 Å². The van der Waals surface area contributed by atoms with Crippen LogP contribution in [0.2, 0.25) is 0 Å². The molecule has 0 aromatic heterocycles. The Morgan fingerprint density at radius 2 is 1.71 bits per heavy atom. The molecule has 0 aliphatic carbocycles. The summed E-state index contributed by atoms with van der Waals surface area (Å²) in [5.74, 6) is 0.0447. The van der Waals surface area contributed by atoms with Crippen LogP contribution >= 0.6 is 0 Å². The number of carbonyl (C=O) groups excluding carboxylic acids is 1. The summed E-state index contributed by atoms with van der Waals surface area (Å²) in [5, 5.41) is 8.85. The van der Waals surface area contributed by atoms with Gasteiger partial charge in [-0.3, -0.25) is 15.5 Å². The normalized spacial score (nSPS) is 10.0. The third kappa shape index (κ3) is 2.52. The highest BCUT2D eigenvalue weighted by atomic mass is 16.5. The van der Waals surface area contributed by atoms with Crippen LogP contribution in [0.25, 0.3) is 11.1 Å². The molecule has 0 bridgehead atoms. The van der Waals surface area contributed by atoms with Crippen molar-refractivity contribution < 1.29 is 10.0 Å². The molecule has 3 nitrogen and oxygen atoms in total. The number of Topliss-reactive ketones (excluding diaryl/α,β-unsaturated/α-hetero) is 1. The Morgan fingerprint density at radius 3 is 2.35 bits per heavy atom. The van der Waals surface area contributed by atoms with Crippen LogP contribution in [0.1, 0.15) is 17.3 Å². The number of hydrogen-bond acceptors (Lipinski definition) is 3. The summed E-state index contributed by atoms with van der Waals surface area (Å²) in [5.41, 5.74) is 5.32. The number of carbonyl (C=O) groups is 1. The molecule has 0 aliphatic rings. The van der Waals surface area contributed by atoms with Gasteiger partial charge < -0.3 is 0 Å². The van der Waals surface area contributed by atoms with Crippen molar-refractivity contribution in [2.75, 3.05) is 5.48 Å². The summed E-state index contributed by atoms with van der Waals surface area (Å²) >= 11 is 0. The minimum absolute atomic E-state index is 0.0447. The van der Waals surface area contributed by atoms with Crippen LogP contribution in [-0.4, -0.2) is 11.0 Å². The Hall–Kier alpha value is -2.13. The predicted molar refractivity (Wildman–Crippen MR) is 67.3 cm³/mol. The van der Waals surface area contributed by atoms with Gasteiger partial charge in [0.05, 0.1) is 5.69 Å². The van der Waals surface area contributed by atoms with Gasteiger partial charge in [-0.05, 0) is 36.2 Å². The monoisotopic (exact) mass is 227 g/mol. The topological polar surface area (TPSA) is 49.3 Å². The first-order valence-corrected chi connectivity index (χ1v) is 5.32. The Bertz CT molecular complexity index is 549. The second kappa shape index (κ2) is 4.80. The van der Waals surface area contributed by atoms with E-state index in [4.69, 9.17) is 5.21 Å². The lowest BCUT2D eigenvalue weighted by atomic mass is 10.0. The van der Waals surface area contributed by atoms with Gasteiger partial charge in [0.15, 0.2) is 5.78 Å². The van der Waals surface area contributed by atoms with E-state index < -0.39 is 0 Å². The highest BCUT2D eigenvalue weighted by molar-refractivity contribution is 5.95. The minimum atomic E-state index is 0.0447. The standard InChI is InChI=1S/C14H13NO2/c1-10(16)11-4-2-5-12(8-11)13-6-3-7-14(9-13)15-17/h2-9,15,17H,1H3. The molecule has 0 saturated carbocycles. The van der Waals surface area contributed by atoms with Gasteiger partial charge in [0, 0.05) is 5.56 Å². The average molecular weight is 227 g/mol. The molecular formula is C14H13NO2. The zero-order chi connectivity index (χ0) is 12.3. The van der Waals surface area contributed by atoms with Gasteiger partial charge in [-0.15, -0.1) is 0 Å². The summed E-state index contributed by atoms with van der Waals surface area (Å²) in [6.45, 7) is 1.55. The van der Waals surface area contributed by atoms with Crippen molar-refractivity contribution in [2.24, 2.45) is 0 Å². The van der Waals surface area contributed by atoms with Gasteiger partial charge in [0.2, 0.25) is 0 Å². The van der Waals surface area contributed by atoms with E-state index in [9.17, 15) is 4.79 Å². The van der Waals surface area contributed by atoms with Crippen LogP contribution in [0.15, 0.2) is 48.5 Å². The molecule has 86 valence electrons. The highest BCUT2D eigenvalue weighted by Gasteiger charge is 2.03. The molecule has 17 heavy (non-hydrogen) atoms. The van der Waals surface area contributed by atoms with Crippen molar-refractivity contribution in [1.82, 2.24) is 0 Å². The van der Waals surface area contributed by atoms with E-state index in [-0.39, 0.29) is 5.78 Å². The van der Waals surface area contributed by atoms with Crippen LogP contribution in [0.3, 0.4) is 0 Å². The van der Waals surface area contributed by atoms with Gasteiger partial charge >= 0.3 is 0 Å². The predicted octanol–water partition coefficient (Wildman–Crippen LogP) is 3.36. The van der Waals surface area contributed by atoms with Crippen LogP contribution in [0.5, 0.6) is 0 Å². The Balaban J connectivity index is 2.45. The minimum Gasteiger partial charge on any atom is -0.295 e. The second-order valence-corrected chi connectivity index (χ2v) is 3.83. The molecule has 0 aliphatic heterocycles. The first kappa shape index (κ1) is 11.4. The quantitative estimate of drug-likeness (QED) is 0.624. The molecule has 3 heteroatoms. The molecule has 2 aromatic rings. The SMILES string of the molecule is CC(=O)c1cccc(-c2cccc(NO)c2)c1. The fourth-order valence-corrected chi connectivity index (χ4v) is 1.69. The average Bonchev–Trinajstić information content (AvgIpc) is 2.39. The molecule has 0 fully saturated rings. The molecule has 0 heterocycles. The molecule has 0 atom stereocenters. The Morgan fingerprint density at radius 1 is 1.06 bits per heavy atom. The van der Waals surface area contributed by atoms with Gasteiger partial charge in [0.25, 0.3) is 0 Å². The number of rotatable bonds is 3. The fourth-order valence-electron chi connectivity index (χ4n) is 1.69. The summed E-state index contributed by atoms with van der Waals surface area (Å²) in [6.07, 6.45) is 0. The molecule has 2 rings (SSSR count). The summed E-state index contributed by atoms with van der Waals surface area (Å²) in [4.78, 5) is 11.3. The van der Waals surface area contributed by atoms with E-state index in [1.807, 2.05) is 36.4 Å². The van der Waals surface area contributed by atoms with Crippen LogP contribution in [-0.2, 0) is 0 Å². The lowest BCUT2D eigenvalue weighted by Crippen LogP contribution is -1.92. The molecule has 0 saturated heterocycles. The van der Waals surface area contributed by atoms with E-state index in [1.54, 1.807) is 19.1 Å². The largest absolute Gasteiger partial charge is 0.295 e. The Kier molecular flexibility index (Phi) is 3.21. The fraction of sp³-hybridized carbons (Fsp3) is 0.0714. The molecule has 0 spiro atoms. The number of benzene rings is 2. The lowest BCUT2D eigenvalue weighted by Gasteiger charge is -2.05. The second-order valence-electron chi connectivity index (χ2n) is 3.83. The van der Waals surface area contributed by atoms with Crippen LogP contribution in [0.4, 0.5) is 5.69 Å². The lowest BCUT2D eigenvalue weighted by molar-refractivity contribution is 0.101. The highest BCUT2D eigenvalue weighted by Crippen LogP contribution is 2.23. The zero-order valence-electron chi connectivity index (χ0n) is 9.47. The number of hydrogen-bond donors (Lipinski definition) is 2. The van der Waals surface area contributed by atoms with Crippen molar-refractivity contribution in [3.8, 4) is 11.1 Å². The van der Waals surface area contributed by atoms with Gasteiger partial charge in [-0.25, -0.2) is 0 Å². The van der Waals surface area contributed by atoms with Crippen molar-refractivity contribution in [3.05, 3.63) is 54.1 Å². The summed E-state index contributed by atoms with van der Waals surface area (Å²) < 4.78 is 0. The molecular weight excluding hydrogens is 214 g/mol. The molecule has 0 amide bonds. The number of nitrogens with one attached hydrogen (secondary N) is 1. The van der Waals surface area contributed by atoms with E-state index in [2.05, 4.69) is 5.48 Å². The summed E-state index contributed by atoms with van der Waals surface area (Å²) in [7, 11) is 0. The van der Waals surface area contributed by atoms with Crippen molar-refractivity contribution >= 4 is 11.5 Å². The third-order valence-electron chi connectivity index (χ3n) is 2.59. The van der Waals surface area contributed by atoms with Crippen molar-refractivity contribution in [3.63, 3.8) is 0 Å². The van der Waals surface area contributed by atoms with Gasteiger partial charge in [0.1, 0.15) is 0 Å².